The van der Waals surface area contributed by atoms with Crippen LogP contribution in [0, 0.1) is 5.92 Å². The van der Waals surface area contributed by atoms with E-state index in [-0.39, 0.29) is 24.2 Å². The van der Waals surface area contributed by atoms with E-state index in [1.165, 1.54) is 29.9 Å². The first-order chi connectivity index (χ1) is 14.6. The predicted molar refractivity (Wildman–Crippen MR) is 120 cm³/mol. The first-order valence-electron chi connectivity index (χ1n) is 10.9. The van der Waals surface area contributed by atoms with Crippen LogP contribution in [0.4, 0.5) is 16.5 Å². The highest BCUT2D eigenvalue weighted by molar-refractivity contribution is 7.15. The van der Waals surface area contributed by atoms with Gasteiger partial charge in [0, 0.05) is 43.3 Å². The van der Waals surface area contributed by atoms with Gasteiger partial charge in [0.1, 0.15) is 5.01 Å². The van der Waals surface area contributed by atoms with E-state index in [9.17, 15) is 9.59 Å². The number of carbonyl (C=O) groups excluding carboxylic acids is 2. The molecule has 1 unspecified atom stereocenters. The molecule has 1 N–H and O–H groups in total. The van der Waals surface area contributed by atoms with Crippen LogP contribution in [0.1, 0.15) is 56.9 Å². The molecule has 1 aromatic heterocycles. The van der Waals surface area contributed by atoms with Crippen molar-refractivity contribution in [3.05, 3.63) is 29.3 Å². The SMILES string of the molecule is CCC(CC)c1nnc(NC(=O)C2CC(=O)N(c3ccc(N4CCCC4)cc3)C2)s1. The highest BCUT2D eigenvalue weighted by Crippen LogP contribution is 2.31. The highest BCUT2D eigenvalue weighted by atomic mass is 32.1. The number of hydrogen-bond donors (Lipinski definition) is 1. The minimum absolute atomic E-state index is 0.0148. The Bertz CT molecular complexity index is 887. The van der Waals surface area contributed by atoms with Crippen LogP contribution in [-0.4, -0.2) is 41.6 Å². The van der Waals surface area contributed by atoms with E-state index in [2.05, 4.69) is 46.4 Å². The number of benzene rings is 1. The third kappa shape index (κ3) is 4.33. The Hall–Kier alpha value is -2.48. The summed E-state index contributed by atoms with van der Waals surface area (Å²) in [5, 5.41) is 12.7. The summed E-state index contributed by atoms with van der Waals surface area (Å²) in [6, 6.07) is 8.11. The quantitative estimate of drug-likeness (QED) is 0.722. The molecule has 2 aromatic rings. The van der Waals surface area contributed by atoms with Gasteiger partial charge < -0.3 is 15.1 Å². The van der Waals surface area contributed by atoms with E-state index in [0.29, 0.717) is 17.6 Å². The van der Waals surface area contributed by atoms with Crippen molar-refractivity contribution in [1.82, 2.24) is 10.2 Å². The van der Waals surface area contributed by atoms with Gasteiger partial charge in [0.2, 0.25) is 16.9 Å². The molecule has 2 aliphatic heterocycles. The molecule has 160 valence electrons. The number of nitrogens with zero attached hydrogens (tertiary/aromatic N) is 4. The van der Waals surface area contributed by atoms with Gasteiger partial charge in [-0.15, -0.1) is 10.2 Å². The van der Waals surface area contributed by atoms with Crippen LogP contribution in [0.3, 0.4) is 0 Å². The van der Waals surface area contributed by atoms with Crippen LogP contribution < -0.4 is 15.1 Å². The van der Waals surface area contributed by atoms with Crippen LogP contribution >= 0.6 is 11.3 Å². The van der Waals surface area contributed by atoms with Crippen LogP contribution in [-0.2, 0) is 9.59 Å². The van der Waals surface area contributed by atoms with Crippen molar-refractivity contribution >= 4 is 39.7 Å². The van der Waals surface area contributed by atoms with Gasteiger partial charge in [-0.05, 0) is 49.9 Å². The fourth-order valence-corrected chi connectivity index (χ4v) is 5.26. The second-order valence-corrected chi connectivity index (χ2v) is 9.07. The molecule has 0 saturated carbocycles. The maximum Gasteiger partial charge on any atom is 0.231 e. The predicted octanol–water partition coefficient (Wildman–Crippen LogP) is 4.03. The summed E-state index contributed by atoms with van der Waals surface area (Å²) in [5.74, 6) is -0.178. The van der Waals surface area contributed by atoms with E-state index in [0.717, 1.165) is 36.6 Å². The Morgan fingerprint density at radius 3 is 2.47 bits per heavy atom. The van der Waals surface area contributed by atoms with Crippen molar-refractivity contribution in [2.45, 2.75) is 51.9 Å². The van der Waals surface area contributed by atoms with Gasteiger partial charge in [-0.3, -0.25) is 9.59 Å². The largest absolute Gasteiger partial charge is 0.372 e. The molecule has 0 aliphatic carbocycles. The first-order valence-corrected chi connectivity index (χ1v) is 11.7. The lowest BCUT2D eigenvalue weighted by Crippen LogP contribution is -2.28. The third-order valence-electron chi connectivity index (χ3n) is 6.13. The van der Waals surface area contributed by atoms with E-state index in [1.54, 1.807) is 4.90 Å². The zero-order valence-corrected chi connectivity index (χ0v) is 18.5. The lowest BCUT2D eigenvalue weighted by atomic mass is 10.1. The fourth-order valence-electron chi connectivity index (χ4n) is 4.25. The lowest BCUT2D eigenvalue weighted by molar-refractivity contribution is -0.122. The molecule has 1 atom stereocenters. The van der Waals surface area contributed by atoms with Crippen molar-refractivity contribution in [3.8, 4) is 0 Å². The van der Waals surface area contributed by atoms with Gasteiger partial charge >= 0.3 is 0 Å². The Morgan fingerprint density at radius 2 is 1.80 bits per heavy atom. The Balaban J connectivity index is 1.37. The zero-order chi connectivity index (χ0) is 21.1. The number of amides is 2. The minimum Gasteiger partial charge on any atom is -0.372 e. The zero-order valence-electron chi connectivity index (χ0n) is 17.6. The highest BCUT2D eigenvalue weighted by Gasteiger charge is 2.35. The van der Waals surface area contributed by atoms with Crippen molar-refractivity contribution in [2.24, 2.45) is 5.92 Å². The van der Waals surface area contributed by atoms with E-state index < -0.39 is 0 Å². The normalized spacial score (nSPS) is 19.2. The van der Waals surface area contributed by atoms with E-state index >= 15 is 0 Å². The van der Waals surface area contributed by atoms with Gasteiger partial charge in [-0.1, -0.05) is 25.2 Å². The molecule has 0 bridgehead atoms. The minimum atomic E-state index is -0.378. The van der Waals surface area contributed by atoms with Gasteiger partial charge in [0.15, 0.2) is 0 Å². The fraction of sp³-hybridized carbons (Fsp3) is 0.545. The molecule has 1 aromatic carbocycles. The Labute approximate surface area is 181 Å². The third-order valence-corrected chi connectivity index (χ3v) is 7.14. The number of rotatable bonds is 7. The summed E-state index contributed by atoms with van der Waals surface area (Å²) in [7, 11) is 0. The van der Waals surface area contributed by atoms with Crippen LogP contribution in [0.5, 0.6) is 0 Å². The molecule has 4 rings (SSSR count). The maximum atomic E-state index is 12.7. The number of aromatic nitrogens is 2. The summed E-state index contributed by atoms with van der Waals surface area (Å²) in [5.41, 5.74) is 2.05. The maximum absolute atomic E-state index is 12.7. The second-order valence-electron chi connectivity index (χ2n) is 8.06. The smallest absolute Gasteiger partial charge is 0.231 e. The molecule has 0 radical (unpaired) electrons. The van der Waals surface area contributed by atoms with Crippen LogP contribution in [0.2, 0.25) is 0 Å². The Kier molecular flexibility index (Phi) is 6.32. The average molecular weight is 428 g/mol. The summed E-state index contributed by atoms with van der Waals surface area (Å²) < 4.78 is 0. The van der Waals surface area contributed by atoms with E-state index in [4.69, 9.17) is 0 Å². The molecule has 2 aliphatic rings. The number of nitrogens with one attached hydrogen (secondary N) is 1. The molecule has 7 nitrogen and oxygen atoms in total. The standard InChI is InChI=1S/C22H29N5O2S/c1-3-15(4-2)21-24-25-22(30-21)23-20(29)16-13-19(28)27(14-16)18-9-7-17(8-10-18)26-11-5-6-12-26/h7-10,15-16H,3-6,11-14H2,1-2H3,(H,23,25,29). The van der Waals surface area contributed by atoms with Crippen molar-refractivity contribution < 1.29 is 9.59 Å². The molecule has 8 heteroatoms. The second kappa shape index (κ2) is 9.12. The molecule has 2 amide bonds. The molecule has 2 saturated heterocycles. The molecule has 2 fully saturated rings. The van der Waals surface area contributed by atoms with Crippen LogP contribution in [0.25, 0.3) is 0 Å². The summed E-state index contributed by atoms with van der Waals surface area (Å²) >= 11 is 1.43. The van der Waals surface area contributed by atoms with Gasteiger partial charge in [-0.25, -0.2) is 0 Å². The molecule has 0 spiro atoms. The van der Waals surface area contributed by atoms with Gasteiger partial charge in [0.05, 0.1) is 5.92 Å². The topological polar surface area (TPSA) is 78.4 Å². The molecular formula is C22H29N5O2S. The van der Waals surface area contributed by atoms with Crippen molar-refractivity contribution in [2.75, 3.05) is 34.8 Å². The molecule has 30 heavy (non-hydrogen) atoms. The lowest BCUT2D eigenvalue weighted by Gasteiger charge is -2.20. The van der Waals surface area contributed by atoms with Crippen molar-refractivity contribution in [1.29, 1.82) is 0 Å². The Morgan fingerprint density at radius 1 is 1.13 bits per heavy atom. The monoisotopic (exact) mass is 427 g/mol. The van der Waals surface area contributed by atoms with Crippen LogP contribution in [0.15, 0.2) is 24.3 Å². The van der Waals surface area contributed by atoms with Crippen molar-refractivity contribution in [3.63, 3.8) is 0 Å². The first kappa shape index (κ1) is 20.8. The summed E-state index contributed by atoms with van der Waals surface area (Å²) in [6.07, 6.45) is 4.69. The molecule has 3 heterocycles. The number of carbonyl (C=O) groups is 2. The van der Waals surface area contributed by atoms with E-state index in [1.807, 2.05) is 12.1 Å². The van der Waals surface area contributed by atoms with Gasteiger partial charge in [0.25, 0.3) is 0 Å². The average Bonchev–Trinajstić information content (AvgIpc) is 3.51. The summed E-state index contributed by atoms with van der Waals surface area (Å²) in [4.78, 5) is 29.4. The van der Waals surface area contributed by atoms with Gasteiger partial charge in [-0.2, -0.15) is 0 Å². The summed E-state index contributed by atoms with van der Waals surface area (Å²) in [6.45, 7) is 6.84. The number of anilines is 3. The number of hydrogen-bond acceptors (Lipinski definition) is 6. The molecular weight excluding hydrogens is 398 g/mol.